The minimum absolute atomic E-state index is 0.0511. The normalized spacial score (nSPS) is 11.3. The van der Waals surface area contributed by atoms with Crippen LogP contribution in [-0.4, -0.2) is 40.7 Å². The van der Waals surface area contributed by atoms with Crippen LogP contribution in [0.3, 0.4) is 0 Å². The minimum atomic E-state index is -3.70. The lowest BCUT2D eigenvalue weighted by atomic mass is 10.1. The molecule has 8 nitrogen and oxygen atoms in total. The molecule has 2 aromatic carbocycles. The Balaban J connectivity index is 2.12. The number of sulfonamides is 1. The first kappa shape index (κ1) is 25.5. The summed E-state index contributed by atoms with van der Waals surface area (Å²) in [6.07, 6.45) is 0.678. The van der Waals surface area contributed by atoms with Crippen molar-refractivity contribution >= 4 is 21.6 Å². The van der Waals surface area contributed by atoms with Crippen molar-refractivity contribution in [2.24, 2.45) is 0 Å². The predicted molar refractivity (Wildman–Crippen MR) is 124 cm³/mol. The Kier molecular flexibility index (Phi) is 9.34. The smallest absolute Gasteiger partial charge is 0.240 e. The Morgan fingerprint density at radius 1 is 0.969 bits per heavy atom. The first-order valence-electron chi connectivity index (χ1n) is 10.6. The number of amides is 1. The third-order valence-electron chi connectivity index (χ3n) is 4.39. The van der Waals surface area contributed by atoms with Crippen molar-refractivity contribution < 1.29 is 27.4 Å². The van der Waals surface area contributed by atoms with E-state index in [1.54, 1.807) is 13.8 Å². The van der Waals surface area contributed by atoms with Crippen molar-refractivity contribution in [1.82, 2.24) is 4.72 Å². The maximum atomic E-state index is 12.6. The third kappa shape index (κ3) is 7.13. The molecule has 0 saturated heterocycles. The van der Waals surface area contributed by atoms with Gasteiger partial charge in [-0.15, -0.1) is 0 Å². The van der Waals surface area contributed by atoms with Gasteiger partial charge in [0.15, 0.2) is 11.5 Å². The zero-order valence-electron chi connectivity index (χ0n) is 19.2. The number of carbonyl (C=O) groups excluding carboxylic acids is 1. The first-order chi connectivity index (χ1) is 15.2. The van der Waals surface area contributed by atoms with Crippen LogP contribution in [0.25, 0.3) is 0 Å². The molecule has 2 rings (SSSR count). The van der Waals surface area contributed by atoms with E-state index in [9.17, 15) is 13.2 Å². The molecule has 2 aromatic rings. The number of methoxy groups -OCH3 is 1. The van der Waals surface area contributed by atoms with Crippen LogP contribution in [0.4, 0.5) is 5.69 Å². The van der Waals surface area contributed by atoms with E-state index in [1.807, 2.05) is 32.0 Å². The van der Waals surface area contributed by atoms with Gasteiger partial charge in [-0.2, -0.15) is 0 Å². The number of aryl methyl sites for hydroxylation is 1. The number of nitrogens with one attached hydrogen (secondary N) is 2. The molecule has 0 aliphatic heterocycles. The maximum absolute atomic E-state index is 12.6. The largest absolute Gasteiger partial charge is 0.495 e. The highest BCUT2D eigenvalue weighted by Crippen LogP contribution is 2.30. The van der Waals surface area contributed by atoms with E-state index in [-0.39, 0.29) is 23.3 Å². The van der Waals surface area contributed by atoms with Crippen molar-refractivity contribution in [2.75, 3.05) is 25.6 Å². The monoisotopic (exact) mass is 464 g/mol. The Labute approximate surface area is 190 Å². The van der Waals surface area contributed by atoms with Crippen LogP contribution < -0.4 is 24.2 Å². The van der Waals surface area contributed by atoms with Gasteiger partial charge in [0.2, 0.25) is 15.9 Å². The summed E-state index contributed by atoms with van der Waals surface area (Å²) in [7, 11) is -2.24. The third-order valence-corrected chi connectivity index (χ3v) is 6.05. The van der Waals surface area contributed by atoms with Gasteiger partial charge in [-0.25, -0.2) is 13.1 Å². The van der Waals surface area contributed by atoms with Gasteiger partial charge in [0.1, 0.15) is 5.75 Å². The predicted octanol–water partition coefficient (Wildman–Crippen LogP) is 3.75. The fraction of sp³-hybridized carbons (Fsp3) is 0.435. The molecule has 0 aromatic heterocycles. The Morgan fingerprint density at radius 3 is 2.25 bits per heavy atom. The van der Waals surface area contributed by atoms with Crippen LogP contribution in [-0.2, 0) is 21.2 Å². The molecular formula is C23H32N2O6S. The van der Waals surface area contributed by atoms with E-state index < -0.39 is 10.0 Å². The number of hydrogen-bond acceptors (Lipinski definition) is 6. The summed E-state index contributed by atoms with van der Waals surface area (Å²) in [5, 5.41) is 2.76. The molecule has 0 saturated carbocycles. The second kappa shape index (κ2) is 11.7. The van der Waals surface area contributed by atoms with Gasteiger partial charge in [0.25, 0.3) is 0 Å². The molecule has 2 N–H and O–H groups in total. The number of benzene rings is 2. The standard InChI is InChI=1S/C23H32N2O6S/c1-6-30-21-11-8-17(14-22(21)31-7-2)9-13-23(26)24-19-15-18(10-12-20(19)29-5)32(27,28)25-16(3)4/h8,10-12,14-16,25H,6-7,9,13H2,1-5H3,(H,24,26). The van der Waals surface area contributed by atoms with E-state index in [1.165, 1.54) is 25.3 Å². The lowest BCUT2D eigenvalue weighted by Gasteiger charge is -2.14. The van der Waals surface area contributed by atoms with Crippen molar-refractivity contribution in [3.8, 4) is 17.2 Å². The van der Waals surface area contributed by atoms with Crippen LogP contribution >= 0.6 is 0 Å². The molecule has 0 aliphatic rings. The molecule has 9 heteroatoms. The molecule has 0 unspecified atom stereocenters. The molecule has 32 heavy (non-hydrogen) atoms. The molecule has 0 fully saturated rings. The molecule has 176 valence electrons. The fourth-order valence-corrected chi connectivity index (χ4v) is 4.33. The van der Waals surface area contributed by atoms with Gasteiger partial charge in [-0.05, 0) is 70.0 Å². The zero-order chi connectivity index (χ0) is 23.7. The zero-order valence-corrected chi connectivity index (χ0v) is 20.0. The van der Waals surface area contributed by atoms with Gasteiger partial charge >= 0.3 is 0 Å². The summed E-state index contributed by atoms with van der Waals surface area (Å²) >= 11 is 0. The highest BCUT2D eigenvalue weighted by Gasteiger charge is 2.18. The number of carbonyl (C=O) groups is 1. The number of hydrogen-bond donors (Lipinski definition) is 2. The highest BCUT2D eigenvalue weighted by atomic mass is 32.2. The Hall–Kier alpha value is -2.78. The van der Waals surface area contributed by atoms with Crippen molar-refractivity contribution in [1.29, 1.82) is 0 Å². The summed E-state index contributed by atoms with van der Waals surface area (Å²) in [5.41, 5.74) is 1.22. The van der Waals surface area contributed by atoms with Crippen molar-refractivity contribution in [3.05, 3.63) is 42.0 Å². The molecule has 0 aliphatic carbocycles. The average molecular weight is 465 g/mol. The van der Waals surface area contributed by atoms with Crippen LogP contribution in [0.5, 0.6) is 17.2 Å². The van der Waals surface area contributed by atoms with E-state index >= 15 is 0 Å². The van der Waals surface area contributed by atoms with Crippen LogP contribution in [0.2, 0.25) is 0 Å². The van der Waals surface area contributed by atoms with Gasteiger partial charge in [-0.3, -0.25) is 4.79 Å². The minimum Gasteiger partial charge on any atom is -0.495 e. The lowest BCUT2D eigenvalue weighted by Crippen LogP contribution is -2.30. The Bertz CT molecular complexity index is 1020. The molecule has 0 radical (unpaired) electrons. The molecule has 0 spiro atoms. The fourth-order valence-electron chi connectivity index (χ4n) is 3.05. The van der Waals surface area contributed by atoms with E-state index in [0.717, 1.165) is 5.56 Å². The lowest BCUT2D eigenvalue weighted by molar-refractivity contribution is -0.116. The number of anilines is 1. The SMILES string of the molecule is CCOc1ccc(CCC(=O)Nc2cc(S(=O)(=O)NC(C)C)ccc2OC)cc1OCC. The van der Waals surface area contributed by atoms with Crippen LogP contribution in [0.15, 0.2) is 41.3 Å². The van der Waals surface area contributed by atoms with E-state index in [4.69, 9.17) is 14.2 Å². The number of rotatable bonds is 12. The first-order valence-corrected chi connectivity index (χ1v) is 12.1. The average Bonchev–Trinajstić information content (AvgIpc) is 2.73. The molecule has 1 amide bonds. The van der Waals surface area contributed by atoms with Crippen molar-refractivity contribution in [2.45, 2.75) is 51.5 Å². The van der Waals surface area contributed by atoms with E-state index in [2.05, 4.69) is 10.0 Å². The van der Waals surface area contributed by atoms with Gasteiger partial charge in [0.05, 0.1) is 30.9 Å². The van der Waals surface area contributed by atoms with Gasteiger partial charge in [0, 0.05) is 12.5 Å². The van der Waals surface area contributed by atoms with Crippen molar-refractivity contribution in [3.63, 3.8) is 0 Å². The summed E-state index contributed by atoms with van der Waals surface area (Å²) in [4.78, 5) is 12.6. The summed E-state index contributed by atoms with van der Waals surface area (Å²) in [6.45, 7) is 8.32. The summed E-state index contributed by atoms with van der Waals surface area (Å²) < 4.78 is 43.9. The second-order valence-corrected chi connectivity index (χ2v) is 9.05. The highest BCUT2D eigenvalue weighted by molar-refractivity contribution is 7.89. The van der Waals surface area contributed by atoms with Gasteiger partial charge in [-0.1, -0.05) is 6.07 Å². The van der Waals surface area contributed by atoms with Gasteiger partial charge < -0.3 is 19.5 Å². The molecule has 0 atom stereocenters. The van der Waals surface area contributed by atoms with E-state index in [0.29, 0.717) is 42.6 Å². The summed E-state index contributed by atoms with van der Waals surface area (Å²) in [5.74, 6) is 1.42. The maximum Gasteiger partial charge on any atom is 0.240 e. The van der Waals surface area contributed by atoms with Crippen LogP contribution in [0, 0.1) is 0 Å². The topological polar surface area (TPSA) is 103 Å². The molecular weight excluding hydrogens is 432 g/mol. The van der Waals surface area contributed by atoms with Crippen LogP contribution in [0.1, 0.15) is 39.7 Å². The molecule has 0 bridgehead atoms. The molecule has 0 heterocycles. The second-order valence-electron chi connectivity index (χ2n) is 7.33. The quantitative estimate of drug-likeness (QED) is 0.496. The Morgan fingerprint density at radius 2 is 1.62 bits per heavy atom. The number of ether oxygens (including phenoxy) is 3. The summed E-state index contributed by atoms with van der Waals surface area (Å²) in [6, 6.07) is 9.70.